The molecule has 1 aliphatic rings. The molecule has 0 spiro atoms. The lowest BCUT2D eigenvalue weighted by Crippen LogP contribution is -2.22. The van der Waals surface area contributed by atoms with Crippen molar-refractivity contribution in [2.75, 3.05) is 11.5 Å². The molecule has 2 aromatic carbocycles. The Kier molecular flexibility index (Phi) is 6.31. The highest BCUT2D eigenvalue weighted by Gasteiger charge is 2.18. The van der Waals surface area contributed by atoms with Gasteiger partial charge in [0, 0.05) is 32.5 Å². The van der Waals surface area contributed by atoms with Crippen LogP contribution in [0.15, 0.2) is 48.5 Å². The van der Waals surface area contributed by atoms with E-state index in [-0.39, 0.29) is 5.91 Å². The number of halogens is 1. The molecule has 1 aliphatic heterocycles. The second-order valence-electron chi connectivity index (χ2n) is 6.40. The van der Waals surface area contributed by atoms with Crippen molar-refractivity contribution in [3.8, 4) is 11.3 Å². The van der Waals surface area contributed by atoms with Gasteiger partial charge in [-0.2, -0.15) is 0 Å². The fourth-order valence-corrected chi connectivity index (χ4v) is 6.88. The molecule has 0 radical (unpaired) electrons. The largest absolute Gasteiger partial charge is 0.346 e. The number of carbonyl (C=O) groups excluding carboxylic acids is 1. The summed E-state index contributed by atoms with van der Waals surface area (Å²) in [5, 5.41) is 4.59. The Morgan fingerprint density at radius 3 is 2.46 bits per heavy atom. The molecule has 0 bridgehead atoms. The predicted molar refractivity (Wildman–Crippen MR) is 123 cm³/mol. The number of rotatable bonds is 5. The number of hydrogen-bond donors (Lipinski definition) is 1. The van der Waals surface area contributed by atoms with Crippen molar-refractivity contribution in [3.63, 3.8) is 0 Å². The summed E-state index contributed by atoms with van der Waals surface area (Å²) < 4.78 is 0.502. The molecule has 0 unspecified atom stereocenters. The van der Waals surface area contributed by atoms with Crippen molar-refractivity contribution >= 4 is 52.4 Å². The van der Waals surface area contributed by atoms with E-state index in [4.69, 9.17) is 16.6 Å². The lowest BCUT2D eigenvalue weighted by Gasteiger charge is -2.09. The van der Waals surface area contributed by atoms with Crippen LogP contribution in [0.2, 0.25) is 5.02 Å². The van der Waals surface area contributed by atoms with Crippen LogP contribution < -0.4 is 5.32 Å². The van der Waals surface area contributed by atoms with E-state index in [1.54, 1.807) is 11.3 Å². The van der Waals surface area contributed by atoms with E-state index in [0.717, 1.165) is 21.1 Å². The summed E-state index contributed by atoms with van der Waals surface area (Å²) >= 11 is 11.5. The maximum atomic E-state index is 12.5. The quantitative estimate of drug-likeness (QED) is 0.508. The zero-order chi connectivity index (χ0) is 19.5. The van der Waals surface area contributed by atoms with Crippen molar-refractivity contribution in [1.82, 2.24) is 10.3 Å². The fraction of sp³-hybridized carbons (Fsp3) is 0.238. The third-order valence-corrected chi connectivity index (χ3v) is 8.75. The van der Waals surface area contributed by atoms with Gasteiger partial charge in [0.2, 0.25) is 0 Å². The Bertz CT molecular complexity index is 964. The third kappa shape index (κ3) is 4.57. The van der Waals surface area contributed by atoms with Crippen LogP contribution in [0.3, 0.4) is 0 Å². The number of carbonyl (C=O) groups is 1. The van der Waals surface area contributed by atoms with Gasteiger partial charge in [-0.1, -0.05) is 35.9 Å². The molecule has 144 valence electrons. The first-order valence-corrected chi connectivity index (χ1v) is 12.2. The van der Waals surface area contributed by atoms with Crippen molar-refractivity contribution < 1.29 is 4.79 Å². The highest BCUT2D eigenvalue weighted by atomic mass is 35.5. The minimum absolute atomic E-state index is 0.0702. The highest BCUT2D eigenvalue weighted by molar-refractivity contribution is 8.19. The Balaban J connectivity index is 1.39. The van der Waals surface area contributed by atoms with Crippen LogP contribution in [0.25, 0.3) is 11.3 Å². The van der Waals surface area contributed by atoms with E-state index >= 15 is 0 Å². The first-order valence-electron chi connectivity index (χ1n) is 8.94. The Morgan fingerprint density at radius 1 is 1.11 bits per heavy atom. The van der Waals surface area contributed by atoms with Crippen LogP contribution in [0.5, 0.6) is 0 Å². The molecular weight excluding hydrogens is 428 g/mol. The molecule has 2 heterocycles. The number of thioether (sulfide) groups is 2. The van der Waals surface area contributed by atoms with E-state index in [1.807, 2.05) is 66.8 Å². The van der Waals surface area contributed by atoms with Crippen LogP contribution in [0.1, 0.15) is 30.4 Å². The van der Waals surface area contributed by atoms with E-state index in [2.05, 4.69) is 17.4 Å². The highest BCUT2D eigenvalue weighted by Crippen LogP contribution is 2.45. The van der Waals surface area contributed by atoms with Gasteiger partial charge < -0.3 is 5.32 Å². The topological polar surface area (TPSA) is 42.0 Å². The number of thiazole rings is 1. The van der Waals surface area contributed by atoms with Crippen molar-refractivity contribution in [1.29, 1.82) is 0 Å². The van der Waals surface area contributed by atoms with Gasteiger partial charge in [0.05, 0.1) is 16.8 Å². The number of aromatic nitrogens is 1. The summed E-state index contributed by atoms with van der Waals surface area (Å²) in [5.41, 5.74) is 3.95. The summed E-state index contributed by atoms with van der Waals surface area (Å²) in [7, 11) is 0. The number of aryl methyl sites for hydroxylation is 1. The van der Waals surface area contributed by atoms with Crippen molar-refractivity contribution in [2.24, 2.45) is 0 Å². The maximum absolute atomic E-state index is 12.5. The third-order valence-electron chi connectivity index (χ3n) is 4.43. The SMILES string of the molecule is Cc1sc(CNC(=O)c2ccc(C3SCCS3)cc2)nc1-c1ccc(Cl)cc1. The number of hydrogen-bond acceptors (Lipinski definition) is 5. The van der Waals surface area contributed by atoms with Gasteiger partial charge in [0.15, 0.2) is 0 Å². The minimum atomic E-state index is -0.0702. The predicted octanol–water partition coefficient (Wildman–Crippen LogP) is 6.18. The first kappa shape index (κ1) is 19.8. The van der Waals surface area contributed by atoms with E-state index in [1.165, 1.54) is 17.1 Å². The summed E-state index contributed by atoms with van der Waals surface area (Å²) in [4.78, 5) is 18.3. The average molecular weight is 447 g/mol. The normalized spacial score (nSPS) is 14.4. The number of nitrogens with one attached hydrogen (secondary N) is 1. The van der Waals surface area contributed by atoms with Crippen molar-refractivity contribution in [2.45, 2.75) is 18.1 Å². The van der Waals surface area contributed by atoms with Crippen LogP contribution >= 0.6 is 46.5 Å². The van der Waals surface area contributed by atoms with Gasteiger partial charge in [-0.3, -0.25) is 4.79 Å². The Morgan fingerprint density at radius 2 is 1.79 bits per heavy atom. The second-order valence-corrected chi connectivity index (χ2v) is 10.8. The molecule has 3 aromatic rings. The molecule has 0 aliphatic carbocycles. The van der Waals surface area contributed by atoms with Gasteiger partial charge in [0.25, 0.3) is 5.91 Å². The van der Waals surface area contributed by atoms with Crippen LogP contribution in [0, 0.1) is 6.92 Å². The first-order chi connectivity index (χ1) is 13.6. The summed E-state index contributed by atoms with van der Waals surface area (Å²) in [5.74, 6) is 2.32. The molecule has 1 saturated heterocycles. The zero-order valence-corrected chi connectivity index (χ0v) is 18.5. The molecule has 1 amide bonds. The molecule has 1 N–H and O–H groups in total. The van der Waals surface area contributed by atoms with Crippen LogP contribution in [-0.2, 0) is 6.54 Å². The van der Waals surface area contributed by atoms with Gasteiger partial charge in [-0.15, -0.1) is 34.9 Å². The molecule has 0 saturated carbocycles. The monoisotopic (exact) mass is 446 g/mol. The van der Waals surface area contributed by atoms with E-state index in [9.17, 15) is 4.79 Å². The van der Waals surface area contributed by atoms with Gasteiger partial charge in [0.1, 0.15) is 5.01 Å². The Hall–Kier alpha value is -1.47. The molecule has 4 rings (SSSR count). The number of benzene rings is 2. The summed E-state index contributed by atoms with van der Waals surface area (Å²) in [6, 6.07) is 15.6. The molecule has 1 fully saturated rings. The smallest absolute Gasteiger partial charge is 0.251 e. The van der Waals surface area contributed by atoms with Gasteiger partial charge in [-0.25, -0.2) is 4.98 Å². The molecule has 28 heavy (non-hydrogen) atoms. The fourth-order valence-electron chi connectivity index (χ4n) is 3.00. The molecule has 3 nitrogen and oxygen atoms in total. The standard InChI is InChI=1S/C21H19ClN2OS3/c1-13-19(14-6-8-17(22)9-7-14)24-18(28-13)12-23-20(25)15-2-4-16(5-3-15)21-26-10-11-27-21/h2-9,21H,10-12H2,1H3,(H,23,25). The maximum Gasteiger partial charge on any atom is 0.251 e. The van der Waals surface area contributed by atoms with Gasteiger partial charge >= 0.3 is 0 Å². The molecular formula is C21H19ClN2OS3. The lowest BCUT2D eigenvalue weighted by atomic mass is 10.1. The summed E-state index contributed by atoms with van der Waals surface area (Å²) in [6.07, 6.45) is 0. The van der Waals surface area contributed by atoms with Crippen LogP contribution in [0.4, 0.5) is 0 Å². The van der Waals surface area contributed by atoms with Gasteiger partial charge in [-0.05, 0) is 36.8 Å². The molecule has 0 atom stereocenters. The molecule has 1 aromatic heterocycles. The average Bonchev–Trinajstić information content (AvgIpc) is 3.37. The number of nitrogens with zero attached hydrogens (tertiary/aromatic N) is 1. The van der Waals surface area contributed by atoms with Crippen molar-refractivity contribution in [3.05, 3.63) is 74.6 Å². The lowest BCUT2D eigenvalue weighted by molar-refractivity contribution is 0.0951. The van der Waals surface area contributed by atoms with E-state index < -0.39 is 0 Å². The van der Waals surface area contributed by atoms with Crippen LogP contribution in [-0.4, -0.2) is 22.4 Å². The zero-order valence-electron chi connectivity index (χ0n) is 15.3. The van der Waals surface area contributed by atoms with E-state index in [0.29, 0.717) is 21.7 Å². The molecule has 7 heteroatoms. The number of amides is 1. The summed E-state index contributed by atoms with van der Waals surface area (Å²) in [6.45, 7) is 2.47. The Labute approximate surface area is 182 Å². The second kappa shape index (κ2) is 8.91. The minimum Gasteiger partial charge on any atom is -0.346 e.